The van der Waals surface area contributed by atoms with Crippen molar-refractivity contribution in [1.29, 1.82) is 0 Å². The Hall–Kier alpha value is -3.69. The number of carbonyl (C=O) groups is 1. The van der Waals surface area contributed by atoms with Crippen molar-refractivity contribution in [2.75, 3.05) is 5.32 Å². The van der Waals surface area contributed by atoms with Gasteiger partial charge in [0.1, 0.15) is 10.3 Å². The van der Waals surface area contributed by atoms with Crippen LogP contribution in [0.4, 0.5) is 11.4 Å². The summed E-state index contributed by atoms with van der Waals surface area (Å²) in [6, 6.07) is 22.4. The van der Waals surface area contributed by atoms with E-state index in [4.69, 9.17) is 16.0 Å². The van der Waals surface area contributed by atoms with Gasteiger partial charge in [0.15, 0.2) is 0 Å². The molecule has 0 spiro atoms. The number of rotatable bonds is 7. The van der Waals surface area contributed by atoms with E-state index >= 15 is 0 Å². The van der Waals surface area contributed by atoms with Crippen molar-refractivity contribution in [2.45, 2.75) is 10.5 Å². The predicted molar refractivity (Wildman–Crippen MR) is 122 cm³/mol. The number of hydrogen-bond donors (Lipinski definition) is 1. The highest BCUT2D eigenvalue weighted by molar-refractivity contribution is 8.00. The van der Waals surface area contributed by atoms with Crippen molar-refractivity contribution in [2.24, 2.45) is 0 Å². The van der Waals surface area contributed by atoms with Gasteiger partial charge in [0.25, 0.3) is 10.9 Å². The van der Waals surface area contributed by atoms with E-state index in [1.807, 2.05) is 48.5 Å². The van der Waals surface area contributed by atoms with Crippen LogP contribution in [0.15, 0.2) is 88.5 Å². The summed E-state index contributed by atoms with van der Waals surface area (Å²) in [5.41, 5.74) is 1.43. The van der Waals surface area contributed by atoms with E-state index in [1.165, 1.54) is 18.2 Å². The number of amides is 1. The molecule has 1 amide bonds. The van der Waals surface area contributed by atoms with E-state index < -0.39 is 16.1 Å². The van der Waals surface area contributed by atoms with Gasteiger partial charge in [0, 0.05) is 17.3 Å². The van der Waals surface area contributed by atoms with E-state index in [-0.39, 0.29) is 21.6 Å². The lowest BCUT2D eigenvalue weighted by Crippen LogP contribution is -2.19. The van der Waals surface area contributed by atoms with Gasteiger partial charge in [-0.05, 0) is 41.6 Å². The standard InChI is InChI=1S/C22H15ClN4O4S/c23-17-12-11-16(13-18(17)27(29)30)24-20(28)19(14-7-3-1-4-8-14)32-22-26-25-21(31-22)15-9-5-2-6-10-15/h1-13,19H,(H,24,28). The molecule has 10 heteroatoms. The van der Waals surface area contributed by atoms with Gasteiger partial charge in [-0.2, -0.15) is 0 Å². The summed E-state index contributed by atoms with van der Waals surface area (Å²) in [6.07, 6.45) is 0. The fraction of sp³-hybridized carbons (Fsp3) is 0.0455. The van der Waals surface area contributed by atoms with Crippen LogP contribution in [0.3, 0.4) is 0 Å². The largest absolute Gasteiger partial charge is 0.411 e. The van der Waals surface area contributed by atoms with Gasteiger partial charge in [0.05, 0.1) is 4.92 Å². The van der Waals surface area contributed by atoms with E-state index in [0.29, 0.717) is 11.5 Å². The molecule has 0 saturated heterocycles. The minimum absolute atomic E-state index is 0.0127. The monoisotopic (exact) mass is 466 g/mol. The molecule has 0 aliphatic heterocycles. The van der Waals surface area contributed by atoms with Crippen molar-refractivity contribution >= 4 is 40.6 Å². The zero-order chi connectivity index (χ0) is 22.5. The third kappa shape index (κ3) is 4.96. The highest BCUT2D eigenvalue weighted by atomic mass is 35.5. The fourth-order valence-electron chi connectivity index (χ4n) is 2.89. The Balaban J connectivity index is 1.59. The molecule has 0 bridgehead atoms. The second-order valence-electron chi connectivity index (χ2n) is 6.56. The molecule has 0 radical (unpaired) electrons. The van der Waals surface area contributed by atoms with Crippen molar-refractivity contribution in [3.8, 4) is 11.5 Å². The lowest BCUT2D eigenvalue weighted by atomic mass is 10.1. The quantitative estimate of drug-likeness (QED) is 0.209. The number of nitrogens with one attached hydrogen (secondary N) is 1. The highest BCUT2D eigenvalue weighted by Crippen LogP contribution is 2.37. The highest BCUT2D eigenvalue weighted by Gasteiger charge is 2.26. The van der Waals surface area contributed by atoms with Gasteiger partial charge in [-0.3, -0.25) is 14.9 Å². The smallest absolute Gasteiger partial charge is 0.289 e. The topological polar surface area (TPSA) is 111 Å². The molecule has 4 aromatic rings. The minimum atomic E-state index is -0.741. The number of nitrogens with zero attached hydrogens (tertiary/aromatic N) is 3. The number of hydrogen-bond acceptors (Lipinski definition) is 7. The van der Waals surface area contributed by atoms with Crippen LogP contribution in [-0.4, -0.2) is 21.0 Å². The summed E-state index contributed by atoms with van der Waals surface area (Å²) in [7, 11) is 0. The van der Waals surface area contributed by atoms with Crippen molar-refractivity contribution in [1.82, 2.24) is 10.2 Å². The SMILES string of the molecule is O=C(Nc1ccc(Cl)c([N+](=O)[O-])c1)C(Sc1nnc(-c2ccccc2)o1)c1ccccc1. The van der Waals surface area contributed by atoms with Crippen LogP contribution in [0.2, 0.25) is 5.02 Å². The second-order valence-corrected chi connectivity index (χ2v) is 8.02. The first-order valence-electron chi connectivity index (χ1n) is 9.36. The van der Waals surface area contributed by atoms with E-state index in [0.717, 1.165) is 17.3 Å². The maximum absolute atomic E-state index is 13.1. The molecular weight excluding hydrogens is 452 g/mol. The zero-order valence-corrected chi connectivity index (χ0v) is 17.9. The lowest BCUT2D eigenvalue weighted by Gasteiger charge is -2.15. The van der Waals surface area contributed by atoms with Gasteiger partial charge in [0.2, 0.25) is 11.8 Å². The Morgan fingerprint density at radius 3 is 2.41 bits per heavy atom. The van der Waals surface area contributed by atoms with Crippen molar-refractivity contribution < 1.29 is 14.1 Å². The maximum Gasteiger partial charge on any atom is 0.289 e. The molecule has 0 fully saturated rings. The molecule has 4 rings (SSSR count). The number of nitro groups is 1. The van der Waals surface area contributed by atoms with Crippen LogP contribution in [0, 0.1) is 10.1 Å². The molecule has 1 heterocycles. The van der Waals surface area contributed by atoms with Gasteiger partial charge < -0.3 is 9.73 Å². The average molecular weight is 467 g/mol. The van der Waals surface area contributed by atoms with Crippen LogP contribution in [-0.2, 0) is 4.79 Å². The number of aromatic nitrogens is 2. The Morgan fingerprint density at radius 1 is 1.03 bits per heavy atom. The van der Waals surface area contributed by atoms with E-state index in [1.54, 1.807) is 12.1 Å². The van der Waals surface area contributed by atoms with E-state index in [9.17, 15) is 14.9 Å². The Morgan fingerprint density at radius 2 is 1.72 bits per heavy atom. The molecular formula is C22H15ClN4O4S. The number of benzene rings is 3. The van der Waals surface area contributed by atoms with Gasteiger partial charge in [-0.25, -0.2) is 0 Å². The molecule has 1 N–H and O–H groups in total. The fourth-order valence-corrected chi connectivity index (χ4v) is 3.96. The number of carbonyl (C=O) groups excluding carboxylic acids is 1. The third-order valence-electron chi connectivity index (χ3n) is 4.40. The molecule has 3 aromatic carbocycles. The van der Waals surface area contributed by atoms with Crippen LogP contribution in [0.5, 0.6) is 0 Å². The second kappa shape index (κ2) is 9.63. The van der Waals surface area contributed by atoms with Crippen molar-refractivity contribution in [3.63, 3.8) is 0 Å². The van der Waals surface area contributed by atoms with E-state index in [2.05, 4.69) is 15.5 Å². The summed E-state index contributed by atoms with van der Waals surface area (Å²) >= 11 is 6.95. The average Bonchev–Trinajstić information content (AvgIpc) is 3.28. The first-order chi connectivity index (χ1) is 15.5. The zero-order valence-electron chi connectivity index (χ0n) is 16.3. The van der Waals surface area contributed by atoms with Crippen LogP contribution < -0.4 is 5.32 Å². The lowest BCUT2D eigenvalue weighted by molar-refractivity contribution is -0.384. The van der Waals surface area contributed by atoms with Crippen molar-refractivity contribution in [3.05, 3.63) is 99.6 Å². The van der Waals surface area contributed by atoms with Gasteiger partial charge in [-0.15, -0.1) is 10.2 Å². The molecule has 32 heavy (non-hydrogen) atoms. The van der Waals surface area contributed by atoms with Crippen LogP contribution in [0.25, 0.3) is 11.5 Å². The van der Waals surface area contributed by atoms with Gasteiger partial charge >= 0.3 is 0 Å². The van der Waals surface area contributed by atoms with Crippen LogP contribution >= 0.6 is 23.4 Å². The molecule has 0 saturated carbocycles. The molecule has 160 valence electrons. The van der Waals surface area contributed by atoms with Crippen LogP contribution in [0.1, 0.15) is 10.8 Å². The maximum atomic E-state index is 13.1. The Bertz CT molecular complexity index is 1250. The number of anilines is 1. The molecule has 0 aliphatic rings. The normalized spacial score (nSPS) is 11.7. The first-order valence-corrected chi connectivity index (χ1v) is 10.6. The molecule has 8 nitrogen and oxygen atoms in total. The number of nitro benzene ring substituents is 1. The third-order valence-corrected chi connectivity index (χ3v) is 5.80. The Labute approximate surface area is 191 Å². The number of thioether (sulfide) groups is 1. The summed E-state index contributed by atoms with van der Waals surface area (Å²) in [5.74, 6) is -0.0640. The minimum Gasteiger partial charge on any atom is -0.411 e. The summed E-state index contributed by atoms with van der Waals surface area (Å²) in [5, 5.41) is 21.4. The summed E-state index contributed by atoms with van der Waals surface area (Å²) < 4.78 is 5.74. The summed E-state index contributed by atoms with van der Waals surface area (Å²) in [6.45, 7) is 0. The summed E-state index contributed by atoms with van der Waals surface area (Å²) in [4.78, 5) is 23.7. The predicted octanol–water partition coefficient (Wildman–Crippen LogP) is 5.77. The molecule has 1 aromatic heterocycles. The molecule has 0 aliphatic carbocycles. The number of halogens is 1. The van der Waals surface area contributed by atoms with Gasteiger partial charge in [-0.1, -0.05) is 60.1 Å². The Kier molecular flexibility index (Phi) is 6.48. The molecule has 1 unspecified atom stereocenters. The first kappa shape index (κ1) is 21.5. The molecule has 1 atom stereocenters.